The fraction of sp³-hybridized carbons (Fsp3) is 0.446. The van der Waals surface area contributed by atoms with Crippen LogP contribution in [-0.2, 0) is 64.7 Å². The molecule has 8 aliphatic heterocycles. The van der Waals surface area contributed by atoms with E-state index in [1.807, 2.05) is 21.9 Å². The Morgan fingerprint density at radius 2 is 0.592 bits per heavy atom. The minimum Gasteiger partial charge on any atom is -0.352 e. The maximum Gasteiger partial charge on any atom is 0.417 e. The maximum absolute atomic E-state index is 14.7. The van der Waals surface area contributed by atoms with E-state index >= 15 is 0 Å². The van der Waals surface area contributed by atoms with Gasteiger partial charge in [0.2, 0.25) is 35.5 Å². The number of alkyl halides is 3. The van der Waals surface area contributed by atoms with Crippen molar-refractivity contribution in [2.45, 2.75) is 81.7 Å². The van der Waals surface area contributed by atoms with Gasteiger partial charge >= 0.3 is 6.18 Å². The molecule has 0 bridgehead atoms. The lowest BCUT2D eigenvalue weighted by atomic mass is 9.96. The van der Waals surface area contributed by atoms with Gasteiger partial charge in [-0.3, -0.25) is 19.2 Å². The SMILES string of the molecule is O=C(C1CCS(=O)(=O)CC1)N1CCN(c2ccc(C(F)(F)F)cn2)CC1c1cccc(F)c1F.O=C(C1CCS(=O)(=O)CC1)N1CCN(c2ccccn2)CC1c1cccc(F)c1F.O=C(C1CCS(=O)(=O)CC1)N1CCN(c2ncc(F)cn2)CC1c1cccc(F)c1F.O=C(C1CCS(=O)(=O)CC1)N1CCN(c2ncccn2)CC1c1cccc(F)c1F. The van der Waals surface area contributed by atoms with Gasteiger partial charge in [0, 0.05) is 149 Å². The summed E-state index contributed by atoms with van der Waals surface area (Å²) in [4.78, 5) is 90.8. The number of aromatic nitrogens is 6. The third-order valence-corrected chi connectivity index (χ3v) is 30.6. The lowest BCUT2D eigenvalue weighted by Crippen LogP contribution is -2.53. The van der Waals surface area contributed by atoms with Gasteiger partial charge in [-0.25, -0.2) is 103 Å². The lowest BCUT2D eigenvalue weighted by molar-refractivity contribution is -0.139. The van der Waals surface area contributed by atoms with E-state index in [-0.39, 0.29) is 207 Å². The van der Waals surface area contributed by atoms with Crippen LogP contribution in [0, 0.1) is 76.0 Å². The van der Waals surface area contributed by atoms with Crippen LogP contribution >= 0.6 is 0 Å². The number of rotatable bonds is 12. The Morgan fingerprint density at radius 1 is 0.304 bits per heavy atom. The molecule has 4 atom stereocenters. The molecule has 8 aliphatic rings. The van der Waals surface area contributed by atoms with E-state index in [1.54, 1.807) is 50.3 Å². The molecule has 670 valence electrons. The fourth-order valence-corrected chi connectivity index (χ4v) is 22.8. The molecule has 0 spiro atoms. The molecule has 8 aromatic rings. The first-order chi connectivity index (χ1) is 59.4. The Morgan fingerprint density at radius 3 is 0.880 bits per heavy atom. The number of sulfone groups is 4. The minimum absolute atomic E-state index is 0.0172. The Bertz CT molecular complexity index is 5480. The second-order valence-electron chi connectivity index (χ2n) is 31.6. The highest BCUT2D eigenvalue weighted by Crippen LogP contribution is 2.40. The van der Waals surface area contributed by atoms with E-state index < -0.39 is 151 Å². The summed E-state index contributed by atoms with van der Waals surface area (Å²) in [5, 5.41) is 0. The molecule has 26 nitrogen and oxygen atoms in total. The Labute approximate surface area is 713 Å². The molecule has 4 aromatic carbocycles. The summed E-state index contributed by atoms with van der Waals surface area (Å²) in [5.74, 6) is -10.5. The predicted molar refractivity (Wildman–Crippen MR) is 435 cm³/mol. The number of hydrogen-bond acceptors (Lipinski definition) is 22. The van der Waals surface area contributed by atoms with Gasteiger partial charge in [-0.1, -0.05) is 54.6 Å². The van der Waals surface area contributed by atoms with Crippen LogP contribution in [0.5, 0.6) is 0 Å². The number of carbonyl (C=O) groups excluding carboxylic acids is 4. The molecule has 8 fully saturated rings. The summed E-state index contributed by atoms with van der Waals surface area (Å²) in [6.07, 6.45) is 4.79. The first-order valence-electron chi connectivity index (χ1n) is 40.4. The van der Waals surface area contributed by atoms with Crippen LogP contribution in [0.4, 0.5) is 76.2 Å². The highest BCUT2D eigenvalue weighted by atomic mass is 32.2. The number of nitrogens with zero attached hydrogens (tertiary/aromatic N) is 14. The molecule has 42 heteroatoms. The number of hydrogen-bond donors (Lipinski definition) is 0. The van der Waals surface area contributed by atoms with Crippen LogP contribution in [0.1, 0.15) is 103 Å². The smallest absolute Gasteiger partial charge is 0.352 e. The summed E-state index contributed by atoms with van der Waals surface area (Å²) in [6.45, 7) is 2.89. The second kappa shape index (κ2) is 39.1. The quantitative estimate of drug-likeness (QED) is 0.103. The van der Waals surface area contributed by atoms with Crippen molar-refractivity contribution in [2.24, 2.45) is 23.7 Å². The average molecular weight is 1830 g/mol. The predicted octanol–water partition coefficient (Wildman–Crippen LogP) is 10.2. The van der Waals surface area contributed by atoms with E-state index in [9.17, 15) is 106 Å². The van der Waals surface area contributed by atoms with E-state index in [2.05, 4.69) is 29.9 Å². The number of piperazine rings is 4. The van der Waals surface area contributed by atoms with Crippen LogP contribution in [0.25, 0.3) is 0 Å². The van der Waals surface area contributed by atoms with Gasteiger partial charge in [0.15, 0.2) is 52.4 Å². The third kappa shape index (κ3) is 22.3. The zero-order valence-electron chi connectivity index (χ0n) is 67.1. The van der Waals surface area contributed by atoms with Crippen molar-refractivity contribution in [1.82, 2.24) is 49.5 Å². The molecule has 0 saturated carbocycles. The van der Waals surface area contributed by atoms with Crippen LogP contribution in [0.3, 0.4) is 0 Å². The van der Waals surface area contributed by atoms with Crippen molar-refractivity contribution in [2.75, 3.05) is 144 Å². The van der Waals surface area contributed by atoms with Crippen molar-refractivity contribution in [3.63, 3.8) is 0 Å². The zero-order chi connectivity index (χ0) is 89.5. The summed E-state index contributed by atoms with van der Waals surface area (Å²) in [7, 11) is -12.5. The molecule has 0 aliphatic carbocycles. The Balaban J connectivity index is 0.000000143. The standard InChI is InChI=1S/C22H22F5N3O3S.C21H23F2N3O3S.C20H21F3N4O3S.C20H22F2N4O3S/c23-17-3-1-2-16(20(17)24)18-13-29(19-5-4-15(12-28-19)22(25,26)27)8-9-30(18)21(31)14-6-10-34(32,33)11-7-14;22-17-5-3-4-16(20(17)23)18-14-25(19-6-1-2-9-24-19)10-11-26(18)21(27)15-7-12-30(28,29)13-8-15;21-14-10-24-20(25-11-14)26-6-7-27(19(28)13-4-8-31(29,30)9-5-13)17(12-26)15-2-1-3-16(22)18(15)23;21-16-4-1-3-15(18(16)22)17-13-25(20-23-7-2-8-24-20)9-10-26(17)19(27)14-5-11-30(28,29)12-6-14/h1-5,12,14,18H,6-11,13H2;1-6,9,15,18H,7-8,10-14H2;1-3,10-11,13,17H,4-9,12H2;1-4,7-8,14,17H,5-6,9-13H2. The Kier molecular flexibility index (Phi) is 28.8. The topological polar surface area (TPSA) is 308 Å². The average Bonchev–Trinajstić information content (AvgIpc) is 0.789. The van der Waals surface area contributed by atoms with Crippen molar-refractivity contribution in [3.05, 3.63) is 227 Å². The molecule has 16 rings (SSSR count). The molecule has 4 amide bonds. The van der Waals surface area contributed by atoms with Crippen LogP contribution < -0.4 is 19.6 Å². The molecule has 125 heavy (non-hydrogen) atoms. The van der Waals surface area contributed by atoms with Crippen molar-refractivity contribution in [3.8, 4) is 0 Å². The molecule has 8 saturated heterocycles. The molecule has 4 unspecified atom stereocenters. The summed E-state index contributed by atoms with van der Waals surface area (Å²) >= 11 is 0. The zero-order valence-corrected chi connectivity index (χ0v) is 70.4. The summed E-state index contributed by atoms with van der Waals surface area (Å²) in [6, 6.07) is 21.4. The number of carbonyl (C=O) groups is 4. The molecule has 4 aromatic heterocycles. The van der Waals surface area contributed by atoms with Crippen molar-refractivity contribution >= 4 is 86.5 Å². The first kappa shape index (κ1) is 92.1. The van der Waals surface area contributed by atoms with E-state index in [4.69, 9.17) is 0 Å². The van der Waals surface area contributed by atoms with Gasteiger partial charge in [0.25, 0.3) is 0 Å². The van der Waals surface area contributed by atoms with Crippen molar-refractivity contribution < 1.29 is 106 Å². The second-order valence-corrected chi connectivity index (χ2v) is 40.8. The van der Waals surface area contributed by atoms with Gasteiger partial charge in [0.1, 0.15) is 51.0 Å². The van der Waals surface area contributed by atoms with Crippen LogP contribution in [0.2, 0.25) is 0 Å². The highest BCUT2D eigenvalue weighted by molar-refractivity contribution is 7.92. The van der Waals surface area contributed by atoms with E-state index in [1.165, 1.54) is 64.4 Å². The monoisotopic (exact) mass is 1830 g/mol. The van der Waals surface area contributed by atoms with Crippen LogP contribution in [0.15, 0.2) is 146 Å². The normalized spacial score (nSPS) is 21.9. The van der Waals surface area contributed by atoms with Crippen LogP contribution in [-0.4, -0.2) is 231 Å². The molecular weight excluding hydrogens is 1740 g/mol. The first-order valence-corrected chi connectivity index (χ1v) is 47.7. The largest absolute Gasteiger partial charge is 0.417 e. The van der Waals surface area contributed by atoms with Gasteiger partial charge in [-0.2, -0.15) is 13.2 Å². The summed E-state index contributed by atoms with van der Waals surface area (Å²) in [5.41, 5.74) is -0.748. The van der Waals surface area contributed by atoms with Gasteiger partial charge < -0.3 is 39.2 Å². The Hall–Kier alpha value is -10.6. The fourth-order valence-electron chi connectivity index (χ4n) is 16.8. The minimum atomic E-state index is -4.54. The summed E-state index contributed by atoms with van der Waals surface area (Å²) < 4.78 is 260. The number of anilines is 4. The molecule has 0 radical (unpaired) electrons. The number of halogens is 12. The maximum atomic E-state index is 14.7. The number of amides is 4. The lowest BCUT2D eigenvalue weighted by Gasteiger charge is -2.43. The third-order valence-electron chi connectivity index (χ3n) is 23.7. The van der Waals surface area contributed by atoms with E-state index in [0.29, 0.717) is 44.1 Å². The van der Waals surface area contributed by atoms with Crippen molar-refractivity contribution in [1.29, 1.82) is 0 Å². The van der Waals surface area contributed by atoms with E-state index in [0.717, 1.165) is 42.7 Å². The molecular formula is C83H88F12N14O12S4. The van der Waals surface area contributed by atoms with Gasteiger partial charge in [-0.15, -0.1) is 0 Å². The highest BCUT2D eigenvalue weighted by Gasteiger charge is 2.45. The molecule has 12 heterocycles. The number of pyridine rings is 2. The van der Waals surface area contributed by atoms with Gasteiger partial charge in [0.05, 0.1) is 88.1 Å². The molecule has 0 N–H and O–H groups in total. The number of benzene rings is 4. The van der Waals surface area contributed by atoms with Gasteiger partial charge in [-0.05, 0) is 106 Å².